The van der Waals surface area contributed by atoms with Crippen molar-refractivity contribution in [2.75, 3.05) is 7.11 Å². The summed E-state index contributed by atoms with van der Waals surface area (Å²) in [4.78, 5) is 40.2. The van der Waals surface area contributed by atoms with E-state index < -0.39 is 17.9 Å². The number of para-hydroxylation sites is 1. The SMILES string of the molecule is COC(=O)c1ccc(C2c3c(oc4ccccc4c3=O)C(=O)N2Cc2ccc(F)cc2)cc1. The molecule has 3 aromatic carbocycles. The van der Waals surface area contributed by atoms with Crippen LogP contribution in [-0.4, -0.2) is 23.9 Å². The maximum Gasteiger partial charge on any atom is 0.337 e. The molecule has 1 amide bonds. The summed E-state index contributed by atoms with van der Waals surface area (Å²) in [5.74, 6) is -1.31. The van der Waals surface area contributed by atoms with Gasteiger partial charge in [0.15, 0.2) is 5.43 Å². The number of halogens is 1. The molecule has 7 heteroatoms. The van der Waals surface area contributed by atoms with Crippen molar-refractivity contribution in [3.05, 3.63) is 117 Å². The van der Waals surface area contributed by atoms with Gasteiger partial charge in [-0.3, -0.25) is 9.59 Å². The maximum absolute atomic E-state index is 13.5. The standard InChI is InChI=1S/C26H18FNO5/c1-32-26(31)17-10-8-16(9-11-17)22-21-23(29)19-4-2-3-5-20(19)33-24(21)25(30)28(22)14-15-6-12-18(27)13-7-15/h2-13,22H,14H2,1H3. The van der Waals surface area contributed by atoms with E-state index >= 15 is 0 Å². The number of ether oxygens (including phenoxy) is 1. The minimum Gasteiger partial charge on any atom is -0.465 e. The van der Waals surface area contributed by atoms with Gasteiger partial charge in [0.25, 0.3) is 5.91 Å². The van der Waals surface area contributed by atoms with E-state index in [1.807, 2.05) is 0 Å². The second-order valence-electron chi connectivity index (χ2n) is 7.75. The van der Waals surface area contributed by atoms with Gasteiger partial charge in [-0.05, 0) is 47.5 Å². The Balaban J connectivity index is 1.67. The minimum atomic E-state index is -0.731. The van der Waals surface area contributed by atoms with Crippen LogP contribution < -0.4 is 5.43 Å². The molecule has 4 aromatic rings. The molecule has 2 heterocycles. The van der Waals surface area contributed by atoms with Crippen molar-refractivity contribution in [3.8, 4) is 0 Å². The number of carbonyl (C=O) groups excluding carboxylic acids is 2. The van der Waals surface area contributed by atoms with Gasteiger partial charge in [-0.1, -0.05) is 36.4 Å². The molecule has 1 aliphatic rings. The van der Waals surface area contributed by atoms with Crippen LogP contribution in [0.2, 0.25) is 0 Å². The van der Waals surface area contributed by atoms with Crippen LogP contribution in [0.25, 0.3) is 11.0 Å². The number of benzene rings is 3. The average molecular weight is 443 g/mol. The van der Waals surface area contributed by atoms with Crippen molar-refractivity contribution in [2.45, 2.75) is 12.6 Å². The predicted molar refractivity (Wildman–Crippen MR) is 118 cm³/mol. The molecule has 164 valence electrons. The third kappa shape index (κ3) is 3.47. The van der Waals surface area contributed by atoms with Crippen molar-refractivity contribution >= 4 is 22.8 Å². The highest BCUT2D eigenvalue weighted by Crippen LogP contribution is 2.39. The molecular weight excluding hydrogens is 425 g/mol. The summed E-state index contributed by atoms with van der Waals surface area (Å²) >= 11 is 0. The lowest BCUT2D eigenvalue weighted by Crippen LogP contribution is -2.29. The zero-order chi connectivity index (χ0) is 23.1. The number of esters is 1. The number of nitrogens with zero attached hydrogens (tertiary/aromatic N) is 1. The molecule has 6 nitrogen and oxygen atoms in total. The Kier molecular flexibility index (Phi) is 5.01. The third-order valence-corrected chi connectivity index (χ3v) is 5.79. The normalized spacial score (nSPS) is 15.0. The molecule has 0 bridgehead atoms. The first-order valence-corrected chi connectivity index (χ1v) is 10.3. The third-order valence-electron chi connectivity index (χ3n) is 5.79. The first-order chi connectivity index (χ1) is 16.0. The van der Waals surface area contributed by atoms with Crippen LogP contribution in [-0.2, 0) is 11.3 Å². The molecule has 0 aliphatic carbocycles. The van der Waals surface area contributed by atoms with Gasteiger partial charge in [0, 0.05) is 6.54 Å². The predicted octanol–water partition coefficient (Wildman–Crippen LogP) is 4.46. The first kappa shape index (κ1) is 20.6. The summed E-state index contributed by atoms with van der Waals surface area (Å²) < 4.78 is 24.0. The lowest BCUT2D eigenvalue weighted by Gasteiger charge is -2.25. The van der Waals surface area contributed by atoms with E-state index in [0.29, 0.717) is 27.7 Å². The Morgan fingerprint density at radius 1 is 1.00 bits per heavy atom. The van der Waals surface area contributed by atoms with Gasteiger partial charge in [0.05, 0.1) is 29.7 Å². The molecule has 1 unspecified atom stereocenters. The van der Waals surface area contributed by atoms with E-state index in [2.05, 4.69) is 0 Å². The molecule has 0 saturated heterocycles. The Labute approximate surface area is 187 Å². The fourth-order valence-corrected chi connectivity index (χ4v) is 4.18. The van der Waals surface area contributed by atoms with Gasteiger partial charge < -0.3 is 14.1 Å². The Hall–Kier alpha value is -4.26. The van der Waals surface area contributed by atoms with Gasteiger partial charge >= 0.3 is 5.97 Å². The number of rotatable bonds is 4. The highest BCUT2D eigenvalue weighted by molar-refractivity contribution is 5.99. The summed E-state index contributed by atoms with van der Waals surface area (Å²) in [6, 6.07) is 18.4. The van der Waals surface area contributed by atoms with E-state index in [4.69, 9.17) is 9.15 Å². The van der Waals surface area contributed by atoms with Crippen LogP contribution in [0, 0.1) is 5.82 Å². The smallest absolute Gasteiger partial charge is 0.337 e. The average Bonchev–Trinajstić information content (AvgIpc) is 3.12. The number of methoxy groups -OCH3 is 1. The van der Waals surface area contributed by atoms with Crippen LogP contribution in [0.5, 0.6) is 0 Å². The topological polar surface area (TPSA) is 76.8 Å². The van der Waals surface area contributed by atoms with Crippen molar-refractivity contribution in [1.29, 1.82) is 0 Å². The van der Waals surface area contributed by atoms with Crippen LogP contribution >= 0.6 is 0 Å². The summed E-state index contributed by atoms with van der Waals surface area (Å²) in [6.07, 6.45) is 0. The summed E-state index contributed by atoms with van der Waals surface area (Å²) in [6.45, 7) is 0.141. The molecule has 1 atom stereocenters. The first-order valence-electron chi connectivity index (χ1n) is 10.3. The van der Waals surface area contributed by atoms with Gasteiger partial charge in [0.1, 0.15) is 11.4 Å². The Morgan fingerprint density at radius 3 is 2.39 bits per heavy atom. The zero-order valence-corrected chi connectivity index (χ0v) is 17.6. The molecule has 0 spiro atoms. The van der Waals surface area contributed by atoms with Crippen LogP contribution in [0.4, 0.5) is 4.39 Å². The molecule has 1 aromatic heterocycles. The molecule has 33 heavy (non-hydrogen) atoms. The van der Waals surface area contributed by atoms with E-state index in [9.17, 15) is 18.8 Å². The number of hydrogen-bond acceptors (Lipinski definition) is 5. The van der Waals surface area contributed by atoms with Gasteiger partial charge in [-0.25, -0.2) is 9.18 Å². The molecule has 5 rings (SSSR count). The van der Waals surface area contributed by atoms with Gasteiger partial charge in [-0.15, -0.1) is 0 Å². The van der Waals surface area contributed by atoms with Crippen LogP contribution in [0.3, 0.4) is 0 Å². The van der Waals surface area contributed by atoms with Crippen molar-refractivity contribution < 1.29 is 23.1 Å². The molecule has 0 fully saturated rings. The zero-order valence-electron chi connectivity index (χ0n) is 17.6. The van der Waals surface area contributed by atoms with Crippen LogP contribution in [0.1, 0.15) is 43.6 Å². The summed E-state index contributed by atoms with van der Waals surface area (Å²) in [5.41, 5.74) is 1.97. The van der Waals surface area contributed by atoms with Crippen molar-refractivity contribution in [3.63, 3.8) is 0 Å². The number of hydrogen-bond donors (Lipinski definition) is 0. The minimum absolute atomic E-state index is 0.0112. The lowest BCUT2D eigenvalue weighted by atomic mass is 9.97. The van der Waals surface area contributed by atoms with E-state index in [0.717, 1.165) is 0 Å². The highest BCUT2D eigenvalue weighted by atomic mass is 19.1. The molecule has 1 aliphatic heterocycles. The van der Waals surface area contributed by atoms with Gasteiger partial charge in [-0.2, -0.15) is 0 Å². The monoisotopic (exact) mass is 443 g/mol. The fraction of sp³-hybridized carbons (Fsp3) is 0.115. The number of fused-ring (bicyclic) bond motifs is 2. The van der Waals surface area contributed by atoms with Crippen molar-refractivity contribution in [1.82, 2.24) is 4.90 Å². The van der Waals surface area contributed by atoms with E-state index in [1.165, 1.54) is 24.1 Å². The molecule has 0 radical (unpaired) electrons. The second kappa shape index (κ2) is 8.02. The number of amides is 1. The summed E-state index contributed by atoms with van der Waals surface area (Å²) in [5, 5.41) is 0.379. The molecular formula is C26H18FNO5. The van der Waals surface area contributed by atoms with Gasteiger partial charge in [0.2, 0.25) is 5.76 Å². The molecule has 0 saturated carbocycles. The Bertz CT molecular complexity index is 1440. The largest absolute Gasteiger partial charge is 0.465 e. The van der Waals surface area contributed by atoms with Crippen LogP contribution in [0.15, 0.2) is 82.0 Å². The number of carbonyl (C=O) groups is 2. The fourth-order valence-electron chi connectivity index (χ4n) is 4.18. The van der Waals surface area contributed by atoms with E-state index in [-0.39, 0.29) is 29.1 Å². The lowest BCUT2D eigenvalue weighted by molar-refractivity contribution is 0.0599. The Morgan fingerprint density at radius 2 is 1.70 bits per heavy atom. The molecule has 0 N–H and O–H groups in total. The quantitative estimate of drug-likeness (QED) is 0.435. The second-order valence-corrected chi connectivity index (χ2v) is 7.75. The van der Waals surface area contributed by atoms with E-state index in [1.54, 1.807) is 60.7 Å². The van der Waals surface area contributed by atoms with Crippen molar-refractivity contribution in [2.24, 2.45) is 0 Å². The summed E-state index contributed by atoms with van der Waals surface area (Å²) in [7, 11) is 1.29. The highest BCUT2D eigenvalue weighted by Gasteiger charge is 2.42. The maximum atomic E-state index is 13.5.